The number of fused-ring (bicyclic) bond motifs is 2. The summed E-state index contributed by atoms with van der Waals surface area (Å²) in [5, 5.41) is 5.54. The Kier molecular flexibility index (Phi) is 3.72. The van der Waals surface area contributed by atoms with Crippen LogP contribution in [0.15, 0.2) is 45.8 Å². The molecular formula is C17H15ClN2OS. The number of nitrogens with one attached hydrogen (secondary N) is 1. The van der Waals surface area contributed by atoms with Crippen molar-refractivity contribution in [2.24, 2.45) is 0 Å². The molecule has 1 aliphatic rings. The van der Waals surface area contributed by atoms with E-state index in [1.807, 2.05) is 18.2 Å². The maximum absolute atomic E-state index is 6.23. The van der Waals surface area contributed by atoms with Gasteiger partial charge in [0, 0.05) is 4.90 Å². The normalized spacial score (nSPS) is 14.0. The quantitative estimate of drug-likeness (QED) is 0.645. The summed E-state index contributed by atoms with van der Waals surface area (Å²) in [6.07, 6.45) is 4.99. The van der Waals surface area contributed by atoms with Crippen molar-refractivity contribution in [1.29, 1.82) is 0 Å². The van der Waals surface area contributed by atoms with E-state index >= 15 is 0 Å². The zero-order valence-electron chi connectivity index (χ0n) is 11.9. The van der Waals surface area contributed by atoms with Crippen LogP contribution >= 0.6 is 23.5 Å². The Labute approximate surface area is 138 Å². The van der Waals surface area contributed by atoms with E-state index in [2.05, 4.69) is 28.1 Å². The molecule has 0 aliphatic heterocycles. The number of rotatable bonds is 3. The molecule has 3 aromatic rings. The van der Waals surface area contributed by atoms with Gasteiger partial charge in [-0.05, 0) is 73.0 Å². The molecule has 3 nitrogen and oxygen atoms in total. The van der Waals surface area contributed by atoms with Crippen LogP contribution in [-0.2, 0) is 12.8 Å². The van der Waals surface area contributed by atoms with Gasteiger partial charge in [0.05, 0.1) is 10.4 Å². The summed E-state index contributed by atoms with van der Waals surface area (Å²) in [5.41, 5.74) is 3.66. The van der Waals surface area contributed by atoms with Crippen molar-refractivity contribution in [2.75, 3.05) is 4.72 Å². The molecule has 0 saturated carbocycles. The number of halogens is 1. The highest BCUT2D eigenvalue weighted by atomic mass is 35.5. The first-order valence-corrected chi connectivity index (χ1v) is 8.59. The number of hydrogen-bond acceptors (Lipinski definition) is 4. The number of aryl methyl sites for hydroxylation is 2. The summed E-state index contributed by atoms with van der Waals surface area (Å²) in [4.78, 5) is 1.18. The Morgan fingerprint density at radius 1 is 1.09 bits per heavy atom. The molecule has 0 radical (unpaired) electrons. The molecule has 1 aliphatic carbocycles. The highest BCUT2D eigenvalue weighted by Gasteiger charge is 2.13. The van der Waals surface area contributed by atoms with E-state index in [4.69, 9.17) is 16.1 Å². The monoisotopic (exact) mass is 330 g/mol. The molecule has 0 saturated heterocycles. The first-order valence-electron chi connectivity index (χ1n) is 7.40. The lowest BCUT2D eigenvalue weighted by Crippen LogP contribution is -2.02. The maximum atomic E-state index is 6.23. The molecule has 22 heavy (non-hydrogen) atoms. The molecule has 4 rings (SSSR count). The van der Waals surface area contributed by atoms with Crippen molar-refractivity contribution in [3.05, 3.63) is 52.5 Å². The van der Waals surface area contributed by atoms with E-state index in [-0.39, 0.29) is 0 Å². The number of nitrogens with zero attached hydrogens (tertiary/aromatic N) is 1. The third-order valence-corrected chi connectivity index (χ3v) is 5.13. The van der Waals surface area contributed by atoms with Gasteiger partial charge in [-0.3, -0.25) is 0 Å². The Morgan fingerprint density at radius 3 is 2.86 bits per heavy atom. The Hall–Kier alpha value is -1.65. The summed E-state index contributed by atoms with van der Waals surface area (Å²) in [7, 11) is 0. The van der Waals surface area contributed by atoms with Crippen molar-refractivity contribution in [3.8, 4) is 0 Å². The standard InChI is InChI=1S/C17H15ClN2OS/c18-14-6-3-7-15-16(14)17(19-21-15)20-22-13-9-8-11-4-1-2-5-12(11)10-13/h3,6-10H,1-2,4-5H2,(H,19,20). The van der Waals surface area contributed by atoms with Crippen molar-refractivity contribution < 1.29 is 4.52 Å². The summed E-state index contributed by atoms with van der Waals surface area (Å²) in [6, 6.07) is 12.2. The molecule has 112 valence electrons. The first kappa shape index (κ1) is 14.0. The lowest BCUT2D eigenvalue weighted by molar-refractivity contribution is 0.460. The molecule has 1 heterocycles. The first-order chi connectivity index (χ1) is 10.8. The van der Waals surface area contributed by atoms with Crippen LogP contribution in [-0.4, -0.2) is 5.16 Å². The van der Waals surface area contributed by atoms with Crippen molar-refractivity contribution in [2.45, 2.75) is 30.6 Å². The number of benzene rings is 2. The molecule has 1 N–H and O–H groups in total. The van der Waals surface area contributed by atoms with Gasteiger partial charge in [-0.15, -0.1) is 0 Å². The van der Waals surface area contributed by atoms with Gasteiger partial charge >= 0.3 is 0 Å². The molecule has 1 aromatic heterocycles. The molecule has 0 atom stereocenters. The lowest BCUT2D eigenvalue weighted by atomic mass is 9.92. The van der Waals surface area contributed by atoms with Gasteiger partial charge < -0.3 is 9.25 Å². The predicted molar refractivity (Wildman–Crippen MR) is 91.6 cm³/mol. The zero-order valence-corrected chi connectivity index (χ0v) is 13.5. The molecule has 0 spiro atoms. The number of aromatic nitrogens is 1. The SMILES string of the molecule is Clc1cccc2onc(NSc3ccc4c(c3)CCCC4)c12. The minimum absolute atomic E-state index is 0.646. The zero-order chi connectivity index (χ0) is 14.9. The van der Waals surface area contributed by atoms with Crippen molar-refractivity contribution in [3.63, 3.8) is 0 Å². The molecule has 0 bridgehead atoms. The van der Waals surface area contributed by atoms with E-state index in [0.29, 0.717) is 16.4 Å². The summed E-state index contributed by atoms with van der Waals surface area (Å²) < 4.78 is 8.56. The van der Waals surface area contributed by atoms with Crippen LogP contribution in [0.2, 0.25) is 5.02 Å². The minimum atomic E-state index is 0.646. The molecule has 0 unspecified atom stereocenters. The van der Waals surface area contributed by atoms with E-state index in [1.54, 1.807) is 11.9 Å². The van der Waals surface area contributed by atoms with Gasteiger partial charge in [-0.1, -0.05) is 28.9 Å². The van der Waals surface area contributed by atoms with Crippen LogP contribution in [0.1, 0.15) is 24.0 Å². The molecular weight excluding hydrogens is 316 g/mol. The molecule has 0 fully saturated rings. The van der Waals surface area contributed by atoms with Gasteiger partial charge in [0.1, 0.15) is 0 Å². The fourth-order valence-electron chi connectivity index (χ4n) is 2.90. The summed E-state index contributed by atoms with van der Waals surface area (Å²) >= 11 is 7.77. The van der Waals surface area contributed by atoms with Gasteiger partial charge in [0.2, 0.25) is 0 Å². The maximum Gasteiger partial charge on any atom is 0.189 e. The third kappa shape index (κ3) is 2.57. The lowest BCUT2D eigenvalue weighted by Gasteiger charge is -2.16. The minimum Gasteiger partial charge on any atom is -0.354 e. The van der Waals surface area contributed by atoms with Crippen molar-refractivity contribution in [1.82, 2.24) is 5.16 Å². The van der Waals surface area contributed by atoms with Gasteiger partial charge in [0.15, 0.2) is 11.4 Å². The Balaban J connectivity index is 1.57. The molecule has 5 heteroatoms. The van der Waals surface area contributed by atoms with Crippen molar-refractivity contribution >= 4 is 40.3 Å². The number of hydrogen-bond donors (Lipinski definition) is 1. The van der Waals surface area contributed by atoms with Crippen LogP contribution in [0.3, 0.4) is 0 Å². The van der Waals surface area contributed by atoms with Crippen LogP contribution in [0, 0.1) is 0 Å². The average molecular weight is 331 g/mol. The van der Waals surface area contributed by atoms with Crippen LogP contribution in [0.4, 0.5) is 5.82 Å². The van der Waals surface area contributed by atoms with Crippen LogP contribution < -0.4 is 4.72 Å². The topological polar surface area (TPSA) is 38.1 Å². The van der Waals surface area contributed by atoms with E-state index in [0.717, 1.165) is 5.39 Å². The van der Waals surface area contributed by atoms with Crippen LogP contribution in [0.5, 0.6) is 0 Å². The van der Waals surface area contributed by atoms with E-state index in [1.165, 1.54) is 41.7 Å². The third-order valence-electron chi connectivity index (χ3n) is 4.03. The highest BCUT2D eigenvalue weighted by Crippen LogP contribution is 2.33. The summed E-state index contributed by atoms with van der Waals surface area (Å²) in [5.74, 6) is 0.670. The fourth-order valence-corrected chi connectivity index (χ4v) is 3.85. The Bertz CT molecular complexity index is 831. The van der Waals surface area contributed by atoms with E-state index in [9.17, 15) is 0 Å². The van der Waals surface area contributed by atoms with Gasteiger partial charge in [-0.2, -0.15) is 0 Å². The summed E-state index contributed by atoms with van der Waals surface area (Å²) in [6.45, 7) is 0. The molecule has 0 amide bonds. The Morgan fingerprint density at radius 2 is 1.95 bits per heavy atom. The average Bonchev–Trinajstić information content (AvgIpc) is 2.97. The predicted octanol–water partition coefficient (Wildman–Crippen LogP) is 5.48. The second-order valence-electron chi connectivity index (χ2n) is 5.49. The van der Waals surface area contributed by atoms with E-state index < -0.39 is 0 Å². The van der Waals surface area contributed by atoms with Gasteiger partial charge in [-0.25, -0.2) is 0 Å². The largest absolute Gasteiger partial charge is 0.354 e. The van der Waals surface area contributed by atoms with Gasteiger partial charge in [0.25, 0.3) is 0 Å². The molecule has 2 aromatic carbocycles. The second kappa shape index (κ2) is 5.86. The smallest absolute Gasteiger partial charge is 0.189 e. The van der Waals surface area contributed by atoms with Crippen LogP contribution in [0.25, 0.3) is 11.0 Å². The second-order valence-corrected chi connectivity index (χ2v) is 6.77. The highest BCUT2D eigenvalue weighted by molar-refractivity contribution is 8.00. The number of anilines is 1. The fraction of sp³-hybridized carbons (Fsp3) is 0.235.